The molecule has 2 rings (SSSR count). The molecular weight excluding hydrogens is 190 g/mol. The van der Waals surface area contributed by atoms with Crippen molar-refractivity contribution in [2.45, 2.75) is 38.1 Å². The number of hydrogen-bond acceptors (Lipinski definition) is 2. The molecule has 2 fully saturated rings. The summed E-state index contributed by atoms with van der Waals surface area (Å²) in [5, 5.41) is 3.56. The number of carbonyl (C=O) groups excluding carboxylic acids is 1. The second kappa shape index (κ2) is 4.84. The number of nitrogens with zero attached hydrogens (tertiary/aromatic N) is 1. The van der Waals surface area contributed by atoms with Crippen LogP contribution < -0.4 is 11.1 Å². The first-order valence-electron chi connectivity index (χ1n) is 6.03. The van der Waals surface area contributed by atoms with Gasteiger partial charge in [0, 0.05) is 19.1 Å². The van der Waals surface area contributed by atoms with Gasteiger partial charge in [-0.2, -0.15) is 0 Å². The van der Waals surface area contributed by atoms with Crippen molar-refractivity contribution >= 4 is 6.03 Å². The van der Waals surface area contributed by atoms with Gasteiger partial charge in [0.25, 0.3) is 0 Å². The number of nitrogens with two attached hydrogens (primary N) is 1. The van der Waals surface area contributed by atoms with Crippen LogP contribution in [0.3, 0.4) is 0 Å². The third kappa shape index (κ3) is 2.84. The van der Waals surface area contributed by atoms with Gasteiger partial charge < -0.3 is 16.0 Å². The highest BCUT2D eigenvalue weighted by Crippen LogP contribution is 2.25. The molecule has 86 valence electrons. The number of likely N-dealkylation sites (tertiary alicyclic amines) is 1. The molecule has 3 N–H and O–H groups in total. The maximum atomic E-state index is 11.0. The molecule has 4 nitrogen and oxygen atoms in total. The second-order valence-electron chi connectivity index (χ2n) is 4.83. The van der Waals surface area contributed by atoms with Crippen molar-refractivity contribution in [2.75, 3.05) is 19.6 Å². The molecule has 1 heterocycles. The first-order valence-corrected chi connectivity index (χ1v) is 6.03. The minimum absolute atomic E-state index is 0.273. The van der Waals surface area contributed by atoms with Crippen molar-refractivity contribution in [3.63, 3.8) is 0 Å². The van der Waals surface area contributed by atoms with E-state index in [1.54, 1.807) is 4.90 Å². The first kappa shape index (κ1) is 10.7. The van der Waals surface area contributed by atoms with Crippen LogP contribution in [0.15, 0.2) is 0 Å². The van der Waals surface area contributed by atoms with Gasteiger partial charge in [-0.15, -0.1) is 0 Å². The molecular formula is C11H21N3O. The van der Waals surface area contributed by atoms with Crippen LogP contribution in [0.2, 0.25) is 0 Å². The van der Waals surface area contributed by atoms with E-state index in [0.717, 1.165) is 32.0 Å². The van der Waals surface area contributed by atoms with E-state index in [9.17, 15) is 4.79 Å². The van der Waals surface area contributed by atoms with E-state index in [4.69, 9.17) is 5.73 Å². The van der Waals surface area contributed by atoms with Crippen LogP contribution in [-0.2, 0) is 0 Å². The molecule has 1 saturated heterocycles. The Morgan fingerprint density at radius 2 is 2.13 bits per heavy atom. The summed E-state index contributed by atoms with van der Waals surface area (Å²) in [4.78, 5) is 12.8. The topological polar surface area (TPSA) is 58.4 Å². The summed E-state index contributed by atoms with van der Waals surface area (Å²) in [6.07, 6.45) is 6.39. The third-order valence-electron chi connectivity index (χ3n) is 3.65. The van der Waals surface area contributed by atoms with Gasteiger partial charge in [-0.25, -0.2) is 4.79 Å². The minimum Gasteiger partial charge on any atom is -0.351 e. The zero-order chi connectivity index (χ0) is 10.7. The normalized spacial score (nSPS) is 27.5. The van der Waals surface area contributed by atoms with E-state index in [0.29, 0.717) is 6.04 Å². The highest BCUT2D eigenvalue weighted by atomic mass is 16.2. The van der Waals surface area contributed by atoms with E-state index >= 15 is 0 Å². The Balaban J connectivity index is 1.69. The fourth-order valence-electron chi connectivity index (χ4n) is 2.37. The molecule has 0 radical (unpaired) electrons. The summed E-state index contributed by atoms with van der Waals surface area (Å²) in [5.74, 6) is 0.883. The molecule has 15 heavy (non-hydrogen) atoms. The molecule has 0 bridgehead atoms. The van der Waals surface area contributed by atoms with Crippen molar-refractivity contribution in [3.8, 4) is 0 Å². The molecule has 1 aliphatic heterocycles. The lowest BCUT2D eigenvalue weighted by atomic mass is 9.85. The summed E-state index contributed by atoms with van der Waals surface area (Å²) < 4.78 is 0. The molecule has 1 aliphatic carbocycles. The van der Waals surface area contributed by atoms with Gasteiger partial charge in [-0.3, -0.25) is 0 Å². The van der Waals surface area contributed by atoms with E-state index in [-0.39, 0.29) is 6.03 Å². The van der Waals surface area contributed by atoms with E-state index in [1.165, 1.54) is 25.7 Å². The zero-order valence-electron chi connectivity index (χ0n) is 9.24. The second-order valence-corrected chi connectivity index (χ2v) is 4.83. The van der Waals surface area contributed by atoms with Gasteiger partial charge >= 0.3 is 6.03 Å². The monoisotopic (exact) mass is 211 g/mol. The Labute approximate surface area is 91.2 Å². The van der Waals surface area contributed by atoms with Crippen LogP contribution in [0.5, 0.6) is 0 Å². The van der Waals surface area contributed by atoms with Crippen LogP contribution in [0, 0.1) is 5.92 Å². The SMILES string of the molecule is NC(=O)N1CCCC(NCC2CCC2)C1. The highest BCUT2D eigenvalue weighted by molar-refractivity contribution is 5.72. The average molecular weight is 211 g/mol. The van der Waals surface area contributed by atoms with Gasteiger partial charge in [0.05, 0.1) is 0 Å². The predicted octanol–water partition coefficient (Wildman–Crippen LogP) is 0.919. The molecule has 0 aromatic carbocycles. The van der Waals surface area contributed by atoms with E-state index in [1.807, 2.05) is 0 Å². The predicted molar refractivity (Wildman–Crippen MR) is 59.5 cm³/mol. The Kier molecular flexibility index (Phi) is 3.46. The standard InChI is InChI=1S/C11H21N3O/c12-11(15)14-6-2-5-10(8-14)13-7-9-3-1-4-9/h9-10,13H,1-8H2,(H2,12,15). The van der Waals surface area contributed by atoms with Gasteiger partial charge in [-0.05, 0) is 38.1 Å². The molecule has 1 unspecified atom stereocenters. The quantitative estimate of drug-likeness (QED) is 0.729. The van der Waals surface area contributed by atoms with Crippen molar-refractivity contribution in [1.82, 2.24) is 10.2 Å². The Morgan fingerprint density at radius 1 is 1.33 bits per heavy atom. The van der Waals surface area contributed by atoms with Gasteiger partial charge in [0.2, 0.25) is 0 Å². The number of amides is 2. The first-order chi connectivity index (χ1) is 7.25. The lowest BCUT2D eigenvalue weighted by Crippen LogP contribution is -2.50. The van der Waals surface area contributed by atoms with Gasteiger partial charge in [0.15, 0.2) is 0 Å². The molecule has 2 amide bonds. The largest absolute Gasteiger partial charge is 0.351 e. The average Bonchev–Trinajstić information content (AvgIpc) is 2.16. The number of carbonyl (C=O) groups is 1. The van der Waals surface area contributed by atoms with Crippen molar-refractivity contribution < 1.29 is 4.79 Å². The smallest absolute Gasteiger partial charge is 0.314 e. The Morgan fingerprint density at radius 3 is 2.73 bits per heavy atom. The number of primary amides is 1. The number of hydrogen-bond donors (Lipinski definition) is 2. The minimum atomic E-state index is -0.273. The van der Waals surface area contributed by atoms with E-state index < -0.39 is 0 Å². The number of nitrogens with one attached hydrogen (secondary N) is 1. The lowest BCUT2D eigenvalue weighted by Gasteiger charge is -2.34. The van der Waals surface area contributed by atoms with Gasteiger partial charge in [0.1, 0.15) is 0 Å². The van der Waals surface area contributed by atoms with Crippen LogP contribution in [0.1, 0.15) is 32.1 Å². The summed E-state index contributed by atoms with van der Waals surface area (Å²) in [5.41, 5.74) is 5.28. The highest BCUT2D eigenvalue weighted by Gasteiger charge is 2.23. The van der Waals surface area contributed by atoms with E-state index in [2.05, 4.69) is 5.32 Å². The molecule has 1 atom stereocenters. The maximum absolute atomic E-state index is 11.0. The summed E-state index contributed by atoms with van der Waals surface area (Å²) in [6, 6.07) is 0.192. The number of piperidine rings is 1. The molecule has 2 aliphatic rings. The van der Waals surface area contributed by atoms with Crippen LogP contribution in [0.4, 0.5) is 4.79 Å². The summed E-state index contributed by atoms with van der Waals surface area (Å²) in [6.45, 7) is 2.75. The van der Waals surface area contributed by atoms with Crippen LogP contribution >= 0.6 is 0 Å². The molecule has 0 aromatic heterocycles. The number of rotatable bonds is 3. The molecule has 1 saturated carbocycles. The fraction of sp³-hybridized carbons (Fsp3) is 0.909. The zero-order valence-corrected chi connectivity index (χ0v) is 9.24. The summed E-state index contributed by atoms with van der Waals surface area (Å²) >= 11 is 0. The Bertz CT molecular complexity index is 228. The van der Waals surface area contributed by atoms with Crippen LogP contribution in [-0.4, -0.2) is 36.6 Å². The van der Waals surface area contributed by atoms with Gasteiger partial charge in [-0.1, -0.05) is 6.42 Å². The number of urea groups is 1. The molecule has 4 heteroatoms. The van der Waals surface area contributed by atoms with Crippen molar-refractivity contribution in [3.05, 3.63) is 0 Å². The maximum Gasteiger partial charge on any atom is 0.314 e. The Hall–Kier alpha value is -0.770. The lowest BCUT2D eigenvalue weighted by molar-refractivity contribution is 0.176. The van der Waals surface area contributed by atoms with Crippen LogP contribution in [0.25, 0.3) is 0 Å². The molecule has 0 aromatic rings. The summed E-state index contributed by atoms with van der Waals surface area (Å²) in [7, 11) is 0. The molecule has 0 spiro atoms. The fourth-order valence-corrected chi connectivity index (χ4v) is 2.37. The van der Waals surface area contributed by atoms with Crippen molar-refractivity contribution in [1.29, 1.82) is 0 Å². The third-order valence-corrected chi connectivity index (χ3v) is 3.65. The van der Waals surface area contributed by atoms with Crippen molar-refractivity contribution in [2.24, 2.45) is 11.7 Å².